The summed E-state index contributed by atoms with van der Waals surface area (Å²) in [6.07, 6.45) is 1.14. The molecule has 0 radical (unpaired) electrons. The summed E-state index contributed by atoms with van der Waals surface area (Å²) in [4.78, 5) is 1.31. The number of rotatable bonds is 5. The van der Waals surface area contributed by atoms with Crippen LogP contribution in [0.5, 0.6) is 0 Å². The van der Waals surface area contributed by atoms with E-state index in [4.69, 9.17) is 5.73 Å². The lowest BCUT2D eigenvalue weighted by Gasteiger charge is -2.13. The van der Waals surface area contributed by atoms with Crippen molar-refractivity contribution in [2.45, 2.75) is 19.4 Å². The normalized spacial score (nSPS) is 13.2. The second-order valence-corrected chi connectivity index (χ2v) is 5.38. The van der Waals surface area contributed by atoms with Gasteiger partial charge in [0.25, 0.3) is 0 Å². The number of halogens is 1. The van der Waals surface area contributed by atoms with Crippen LogP contribution in [0.3, 0.4) is 0 Å². The van der Waals surface area contributed by atoms with Crippen molar-refractivity contribution < 1.29 is 0 Å². The third-order valence-corrected chi connectivity index (χ3v) is 3.55. The van der Waals surface area contributed by atoms with Crippen molar-refractivity contribution in [3.05, 3.63) is 20.8 Å². The molecular formula is C9H15BrN2S. The molecule has 0 amide bonds. The minimum atomic E-state index is 0.316. The van der Waals surface area contributed by atoms with Crippen LogP contribution in [0.1, 0.15) is 24.3 Å². The number of hydrogen-bond acceptors (Lipinski definition) is 3. The average Bonchev–Trinajstić information content (AvgIpc) is 2.54. The fraction of sp³-hybridized carbons (Fsp3) is 0.556. The summed E-state index contributed by atoms with van der Waals surface area (Å²) in [6, 6.07) is 4.50. The number of nitrogens with two attached hydrogens (primary N) is 1. The molecule has 0 aliphatic carbocycles. The average molecular weight is 263 g/mol. The Morgan fingerprint density at radius 3 is 2.85 bits per heavy atom. The molecule has 0 aliphatic rings. The van der Waals surface area contributed by atoms with Crippen LogP contribution in [0.25, 0.3) is 0 Å². The molecule has 3 N–H and O–H groups in total. The van der Waals surface area contributed by atoms with E-state index in [0.29, 0.717) is 12.6 Å². The highest BCUT2D eigenvalue weighted by Gasteiger charge is 2.09. The molecule has 1 atom stereocenters. The van der Waals surface area contributed by atoms with E-state index in [9.17, 15) is 0 Å². The van der Waals surface area contributed by atoms with Crippen molar-refractivity contribution in [3.63, 3.8) is 0 Å². The molecule has 1 rings (SSSR count). The molecule has 74 valence electrons. The van der Waals surface area contributed by atoms with Crippen molar-refractivity contribution in [1.82, 2.24) is 5.32 Å². The van der Waals surface area contributed by atoms with Gasteiger partial charge < -0.3 is 11.1 Å². The minimum absolute atomic E-state index is 0.316. The Morgan fingerprint density at radius 2 is 2.38 bits per heavy atom. The van der Waals surface area contributed by atoms with Gasteiger partial charge in [-0.25, -0.2) is 0 Å². The molecule has 0 spiro atoms. The maximum atomic E-state index is 5.68. The Labute approximate surface area is 91.7 Å². The highest BCUT2D eigenvalue weighted by Crippen LogP contribution is 2.26. The lowest BCUT2D eigenvalue weighted by molar-refractivity contribution is 0.547. The van der Waals surface area contributed by atoms with Crippen LogP contribution >= 0.6 is 27.3 Å². The molecule has 1 aromatic heterocycles. The van der Waals surface area contributed by atoms with Crippen molar-refractivity contribution >= 4 is 27.3 Å². The topological polar surface area (TPSA) is 38.0 Å². The van der Waals surface area contributed by atoms with Crippen LogP contribution in [-0.4, -0.2) is 13.1 Å². The standard InChI is InChI=1S/C9H15BrN2S/c1-2-5-12-7(6-11)8-3-4-9(10)13-8/h3-4,7,12H,2,5-6,11H2,1H3. The molecular weight excluding hydrogens is 248 g/mol. The number of nitrogens with one attached hydrogen (secondary N) is 1. The zero-order chi connectivity index (χ0) is 9.68. The van der Waals surface area contributed by atoms with Gasteiger partial charge in [-0.15, -0.1) is 11.3 Å². The minimum Gasteiger partial charge on any atom is -0.329 e. The van der Waals surface area contributed by atoms with Crippen molar-refractivity contribution in [1.29, 1.82) is 0 Å². The Balaban J connectivity index is 2.56. The van der Waals surface area contributed by atoms with Gasteiger partial charge in [-0.1, -0.05) is 6.92 Å². The molecule has 0 saturated heterocycles. The van der Waals surface area contributed by atoms with E-state index in [0.717, 1.165) is 13.0 Å². The molecule has 0 fully saturated rings. The molecule has 0 saturated carbocycles. The second-order valence-electron chi connectivity index (χ2n) is 2.88. The Kier molecular flexibility index (Phi) is 4.94. The first kappa shape index (κ1) is 11.2. The smallest absolute Gasteiger partial charge is 0.0702 e. The van der Waals surface area contributed by atoms with Gasteiger partial charge in [0.05, 0.1) is 9.83 Å². The summed E-state index contributed by atoms with van der Waals surface area (Å²) >= 11 is 5.19. The SMILES string of the molecule is CCCNC(CN)c1ccc(Br)s1. The second kappa shape index (κ2) is 5.75. The lowest BCUT2D eigenvalue weighted by Crippen LogP contribution is -2.27. The van der Waals surface area contributed by atoms with Gasteiger partial charge in [-0.3, -0.25) is 0 Å². The lowest BCUT2D eigenvalue weighted by atomic mass is 10.2. The van der Waals surface area contributed by atoms with Crippen LogP contribution in [0, 0.1) is 0 Å². The molecule has 1 aromatic rings. The third-order valence-electron chi connectivity index (χ3n) is 1.81. The third kappa shape index (κ3) is 3.38. The molecule has 2 nitrogen and oxygen atoms in total. The summed E-state index contributed by atoms with van der Waals surface area (Å²) in [7, 11) is 0. The van der Waals surface area contributed by atoms with Gasteiger partial charge in [0.1, 0.15) is 0 Å². The Hall–Kier alpha value is 0.1000. The predicted molar refractivity (Wildman–Crippen MR) is 62.1 cm³/mol. The number of thiophene rings is 1. The molecule has 4 heteroatoms. The zero-order valence-corrected chi connectivity index (χ0v) is 10.1. The molecule has 1 unspecified atom stereocenters. The molecule has 0 aliphatic heterocycles. The van der Waals surface area contributed by atoms with Gasteiger partial charge in [-0.05, 0) is 41.0 Å². The van der Waals surface area contributed by atoms with E-state index in [2.05, 4.69) is 40.3 Å². The summed E-state index contributed by atoms with van der Waals surface area (Å²) in [5, 5.41) is 3.41. The molecule has 0 bridgehead atoms. The summed E-state index contributed by atoms with van der Waals surface area (Å²) < 4.78 is 1.17. The summed E-state index contributed by atoms with van der Waals surface area (Å²) in [5.41, 5.74) is 5.68. The van der Waals surface area contributed by atoms with Crippen LogP contribution in [0.4, 0.5) is 0 Å². The van der Waals surface area contributed by atoms with E-state index in [1.807, 2.05) is 0 Å². The van der Waals surface area contributed by atoms with Crippen LogP contribution in [-0.2, 0) is 0 Å². The van der Waals surface area contributed by atoms with Gasteiger partial charge in [0.2, 0.25) is 0 Å². The fourth-order valence-electron chi connectivity index (χ4n) is 1.13. The predicted octanol–water partition coefficient (Wildman–Crippen LogP) is 2.51. The summed E-state index contributed by atoms with van der Waals surface area (Å²) in [6.45, 7) is 3.84. The van der Waals surface area contributed by atoms with Crippen LogP contribution < -0.4 is 11.1 Å². The molecule has 0 aromatic carbocycles. The van der Waals surface area contributed by atoms with Crippen LogP contribution in [0.15, 0.2) is 15.9 Å². The van der Waals surface area contributed by atoms with E-state index in [1.165, 1.54) is 8.66 Å². The van der Waals surface area contributed by atoms with E-state index in [1.54, 1.807) is 11.3 Å². The van der Waals surface area contributed by atoms with Crippen molar-refractivity contribution in [3.8, 4) is 0 Å². The van der Waals surface area contributed by atoms with Gasteiger partial charge in [0.15, 0.2) is 0 Å². The van der Waals surface area contributed by atoms with Gasteiger partial charge in [-0.2, -0.15) is 0 Å². The highest BCUT2D eigenvalue weighted by molar-refractivity contribution is 9.11. The van der Waals surface area contributed by atoms with E-state index in [-0.39, 0.29) is 0 Å². The largest absolute Gasteiger partial charge is 0.329 e. The first-order valence-corrected chi connectivity index (χ1v) is 6.07. The zero-order valence-electron chi connectivity index (χ0n) is 7.72. The quantitative estimate of drug-likeness (QED) is 0.856. The highest BCUT2D eigenvalue weighted by atomic mass is 79.9. The maximum absolute atomic E-state index is 5.68. The van der Waals surface area contributed by atoms with E-state index < -0.39 is 0 Å². The molecule has 1 heterocycles. The first-order chi connectivity index (χ1) is 6.27. The van der Waals surface area contributed by atoms with Crippen molar-refractivity contribution in [2.24, 2.45) is 5.73 Å². The van der Waals surface area contributed by atoms with Crippen molar-refractivity contribution in [2.75, 3.05) is 13.1 Å². The summed E-state index contributed by atoms with van der Waals surface area (Å²) in [5.74, 6) is 0. The fourth-order valence-corrected chi connectivity index (χ4v) is 2.65. The van der Waals surface area contributed by atoms with Gasteiger partial charge >= 0.3 is 0 Å². The molecule has 13 heavy (non-hydrogen) atoms. The van der Waals surface area contributed by atoms with Crippen LogP contribution in [0.2, 0.25) is 0 Å². The monoisotopic (exact) mass is 262 g/mol. The Bertz CT molecular complexity index is 250. The first-order valence-electron chi connectivity index (χ1n) is 4.46. The number of hydrogen-bond donors (Lipinski definition) is 2. The Morgan fingerprint density at radius 1 is 1.62 bits per heavy atom. The maximum Gasteiger partial charge on any atom is 0.0702 e. The van der Waals surface area contributed by atoms with Gasteiger partial charge in [0, 0.05) is 11.4 Å². The van der Waals surface area contributed by atoms with E-state index >= 15 is 0 Å².